The first-order chi connectivity index (χ1) is 24.6. The van der Waals surface area contributed by atoms with Gasteiger partial charge in [-0.2, -0.15) is 17.6 Å². The first-order valence-corrected chi connectivity index (χ1v) is 15.9. The highest BCUT2D eigenvalue weighted by Gasteiger charge is 2.30. The molecule has 0 saturated heterocycles. The van der Waals surface area contributed by atoms with E-state index in [4.69, 9.17) is 21.7 Å². The van der Waals surface area contributed by atoms with Gasteiger partial charge in [0.05, 0.1) is 30.9 Å². The molecule has 3 amide bonds. The zero-order chi connectivity index (χ0) is 38.5. The fourth-order valence-electron chi connectivity index (χ4n) is 4.41. The van der Waals surface area contributed by atoms with Crippen LogP contribution >= 0.6 is 12.6 Å². The molecule has 0 radical (unpaired) electrons. The van der Waals surface area contributed by atoms with Crippen molar-refractivity contribution < 1.29 is 49.2 Å². The minimum Gasteiger partial charge on any atom is -0.481 e. The van der Waals surface area contributed by atoms with Crippen molar-refractivity contribution in [3.63, 3.8) is 0 Å². The van der Waals surface area contributed by atoms with Crippen LogP contribution in [0.1, 0.15) is 35.3 Å². The third kappa shape index (κ3) is 12.1. The first-order valence-electron chi connectivity index (χ1n) is 15.3. The van der Waals surface area contributed by atoms with Gasteiger partial charge in [-0.25, -0.2) is 14.8 Å². The number of aliphatic carboxylic acids is 3. The number of hydrogen-bond acceptors (Lipinski definition) is 16. The number of anilines is 2. The average Bonchev–Trinajstić information content (AvgIpc) is 3.09. The number of carboxylic acid groups (broad SMARTS) is 3. The molecule has 52 heavy (non-hydrogen) atoms. The normalized spacial score (nSPS) is 13.9. The molecule has 22 nitrogen and oxygen atoms in total. The molecule has 0 aliphatic carbocycles. The molecule has 23 heteroatoms. The molecule has 0 spiro atoms. The Hall–Kier alpha value is -5.91. The van der Waals surface area contributed by atoms with Crippen LogP contribution in [0.5, 0.6) is 0 Å². The quantitative estimate of drug-likeness (QED) is 0.0395. The van der Waals surface area contributed by atoms with Gasteiger partial charge >= 0.3 is 17.9 Å². The number of carboxylic acids is 3. The van der Waals surface area contributed by atoms with Crippen LogP contribution in [0.4, 0.5) is 11.6 Å². The summed E-state index contributed by atoms with van der Waals surface area (Å²) in [5.74, 6) is -6.99. The van der Waals surface area contributed by atoms with Gasteiger partial charge in [0.2, 0.25) is 17.8 Å². The molecule has 5 atom stereocenters. The number of aliphatic hydroxyl groups excluding tert-OH is 1. The fourth-order valence-corrected chi connectivity index (χ4v) is 4.67. The number of H-pyrrole nitrogens is 1. The van der Waals surface area contributed by atoms with Crippen molar-refractivity contribution in [3.05, 3.63) is 52.1 Å². The lowest BCUT2D eigenvalue weighted by Gasteiger charge is -2.27. The summed E-state index contributed by atoms with van der Waals surface area (Å²) in [5.41, 5.74) is 11.9. The molecule has 1 unspecified atom stereocenters. The molecule has 3 rings (SSSR count). The number of amides is 3. The van der Waals surface area contributed by atoms with Crippen LogP contribution in [-0.2, 0) is 30.5 Å². The second kappa shape index (κ2) is 18.9. The van der Waals surface area contributed by atoms with Crippen molar-refractivity contribution in [2.75, 3.05) is 23.3 Å². The van der Waals surface area contributed by atoms with E-state index in [2.05, 4.69) is 59.1 Å². The van der Waals surface area contributed by atoms with Crippen molar-refractivity contribution in [3.8, 4) is 0 Å². The molecule has 0 aliphatic heterocycles. The van der Waals surface area contributed by atoms with Crippen LogP contribution in [0.25, 0.3) is 11.2 Å². The third-order valence-corrected chi connectivity index (χ3v) is 7.55. The summed E-state index contributed by atoms with van der Waals surface area (Å²) in [4.78, 5) is 98.5. The van der Waals surface area contributed by atoms with Crippen LogP contribution in [0.2, 0.25) is 0 Å². The van der Waals surface area contributed by atoms with E-state index in [-0.39, 0.29) is 41.4 Å². The van der Waals surface area contributed by atoms with E-state index in [1.807, 2.05) is 0 Å². The number of fused-ring (bicyclic) bond motifs is 1. The van der Waals surface area contributed by atoms with Crippen molar-refractivity contribution in [1.29, 1.82) is 0 Å². The van der Waals surface area contributed by atoms with Crippen molar-refractivity contribution in [2.45, 2.75) is 56.2 Å². The first kappa shape index (κ1) is 40.5. The Labute approximate surface area is 298 Å². The van der Waals surface area contributed by atoms with E-state index in [0.717, 1.165) is 0 Å². The van der Waals surface area contributed by atoms with Gasteiger partial charge < -0.3 is 53.2 Å². The van der Waals surface area contributed by atoms with Gasteiger partial charge in [-0.15, -0.1) is 0 Å². The van der Waals surface area contributed by atoms with Crippen molar-refractivity contribution in [1.82, 2.24) is 41.2 Å². The lowest BCUT2D eigenvalue weighted by molar-refractivity contribution is -0.141. The maximum atomic E-state index is 12.8. The minimum absolute atomic E-state index is 0.00973. The second-order valence-electron chi connectivity index (χ2n) is 11.1. The van der Waals surface area contributed by atoms with E-state index in [1.165, 1.54) is 18.3 Å². The maximum absolute atomic E-state index is 12.8. The Balaban J connectivity index is 1.47. The highest BCUT2D eigenvalue weighted by Crippen LogP contribution is 2.12. The number of benzene rings is 1. The molecule has 3 aromatic rings. The molecule has 2 aromatic heterocycles. The van der Waals surface area contributed by atoms with E-state index in [9.17, 15) is 43.8 Å². The molecular weight excluding hydrogens is 710 g/mol. The highest BCUT2D eigenvalue weighted by atomic mass is 32.1. The maximum Gasteiger partial charge on any atom is 0.326 e. The lowest BCUT2D eigenvalue weighted by Crippen LogP contribution is -2.59. The molecule has 14 N–H and O–H groups in total. The molecular formula is C29H37N11O11S. The second-order valence-corrected chi connectivity index (χ2v) is 11.5. The molecule has 0 bridgehead atoms. The number of nitrogens with one attached hydrogen (secondary N) is 6. The van der Waals surface area contributed by atoms with Gasteiger partial charge in [-0.3, -0.25) is 39.1 Å². The van der Waals surface area contributed by atoms with Gasteiger partial charge in [-0.05, 0) is 30.7 Å². The van der Waals surface area contributed by atoms with Crippen LogP contribution < -0.4 is 43.6 Å². The summed E-state index contributed by atoms with van der Waals surface area (Å²) < 4.78 is 0. The number of hydrogen-bond donors (Lipinski definition) is 13. The summed E-state index contributed by atoms with van der Waals surface area (Å²) in [6.45, 7) is -0.306. The number of thiol groups is 1. The van der Waals surface area contributed by atoms with Crippen molar-refractivity contribution in [2.24, 2.45) is 5.73 Å². The number of aromatic nitrogens is 4. The smallest absolute Gasteiger partial charge is 0.326 e. The van der Waals surface area contributed by atoms with Gasteiger partial charge in [0.1, 0.15) is 24.4 Å². The molecule has 2 heterocycles. The van der Waals surface area contributed by atoms with Gasteiger partial charge in [0.25, 0.3) is 11.5 Å². The topological polar surface area (TPSA) is 367 Å². The van der Waals surface area contributed by atoms with Crippen molar-refractivity contribution >= 4 is 71.1 Å². The Kier molecular flexibility index (Phi) is 14.7. The van der Waals surface area contributed by atoms with Crippen LogP contribution in [0, 0.1) is 0 Å². The number of nitrogens with two attached hydrogens (primary N) is 2. The van der Waals surface area contributed by atoms with E-state index < -0.39 is 91.0 Å². The summed E-state index contributed by atoms with van der Waals surface area (Å²) >= 11 is 3.83. The molecule has 0 fully saturated rings. The Morgan fingerprint density at radius 3 is 2.25 bits per heavy atom. The zero-order valence-corrected chi connectivity index (χ0v) is 28.0. The summed E-state index contributed by atoms with van der Waals surface area (Å²) in [7, 11) is 0. The SMILES string of the molecule is Nc1nc2ncc(CNc3ccc(C(=O)N[C@H](CCC(=O)NC[C@H](N)C(=O)N[C@@H](CC(=O)O)C(O)N[C@@H](CS)C(=O)O)C(=O)O)cc3)nc2c(=O)[nH]1. The number of rotatable bonds is 20. The number of carbonyl (C=O) groups is 6. The van der Waals surface area contributed by atoms with Crippen LogP contribution in [0.3, 0.4) is 0 Å². The summed E-state index contributed by atoms with van der Waals surface area (Å²) in [6.07, 6.45) is -1.93. The van der Waals surface area contributed by atoms with Gasteiger partial charge in [-0.1, -0.05) is 0 Å². The van der Waals surface area contributed by atoms with Gasteiger partial charge in [0.15, 0.2) is 11.2 Å². The summed E-state index contributed by atoms with van der Waals surface area (Å²) in [6, 6.07) is 0.195. The monoisotopic (exact) mass is 747 g/mol. The minimum atomic E-state index is -1.81. The molecule has 0 saturated carbocycles. The Morgan fingerprint density at radius 2 is 1.63 bits per heavy atom. The number of aromatic amines is 1. The number of aliphatic hydroxyl groups is 1. The largest absolute Gasteiger partial charge is 0.481 e. The average molecular weight is 748 g/mol. The zero-order valence-electron chi connectivity index (χ0n) is 27.1. The Morgan fingerprint density at radius 1 is 0.962 bits per heavy atom. The molecule has 280 valence electrons. The van der Waals surface area contributed by atoms with Crippen LogP contribution in [-0.4, -0.2) is 119 Å². The third-order valence-electron chi connectivity index (χ3n) is 7.18. The fraction of sp³-hybridized carbons (Fsp3) is 0.379. The van der Waals surface area contributed by atoms with E-state index in [1.54, 1.807) is 12.1 Å². The van der Waals surface area contributed by atoms with E-state index in [0.29, 0.717) is 11.4 Å². The standard InChI is InChI=1S/C29H37N11O11S/c30-15(24(45)37-17(7-20(42)43)25(46)38-18(11-52)28(50)51)10-33-19(41)6-5-16(27(48)49)36-23(44)12-1-3-13(4-2-12)32-8-14-9-34-22-21(35-14)26(47)40-29(31)39-22/h1-4,9,15-18,25,32,38,46,52H,5-8,10-11,30H2,(H,33,41)(H,36,44)(H,37,45)(H,42,43)(H,48,49)(H,50,51)(H3,31,34,39,40,47)/t15-,16+,17-,18-,25?/m0/s1. The van der Waals surface area contributed by atoms with Crippen LogP contribution in [0.15, 0.2) is 35.3 Å². The summed E-state index contributed by atoms with van der Waals surface area (Å²) in [5, 5.41) is 50.3. The predicted octanol–water partition coefficient (Wildman–Crippen LogP) is -3.44. The molecule has 0 aliphatic rings. The predicted molar refractivity (Wildman–Crippen MR) is 184 cm³/mol. The number of nitrogen functional groups attached to an aromatic ring is 1. The number of nitrogens with zero attached hydrogens (tertiary/aromatic N) is 3. The van der Waals surface area contributed by atoms with E-state index >= 15 is 0 Å². The lowest BCUT2D eigenvalue weighted by atomic mass is 10.1. The Bertz CT molecular complexity index is 1840. The highest BCUT2D eigenvalue weighted by molar-refractivity contribution is 7.80. The number of carbonyl (C=O) groups excluding carboxylic acids is 3. The molecule has 1 aromatic carbocycles. The van der Waals surface area contributed by atoms with Gasteiger partial charge in [0, 0.05) is 30.0 Å².